The Morgan fingerprint density at radius 1 is 1.00 bits per heavy atom. The lowest BCUT2D eigenvalue weighted by Crippen LogP contribution is -2.06. The number of hydrogen-bond donors (Lipinski definition) is 1. The molecule has 10 heteroatoms. The highest BCUT2D eigenvalue weighted by atomic mass is 79.9. The Morgan fingerprint density at radius 3 is 2.29 bits per heavy atom. The molecule has 0 fully saturated rings. The first-order valence-electron chi connectivity index (χ1n) is 8.83. The summed E-state index contributed by atoms with van der Waals surface area (Å²) < 4.78 is 28.8. The third-order valence-corrected chi connectivity index (χ3v) is 6.88. The lowest BCUT2D eigenvalue weighted by Gasteiger charge is -2.10. The molecule has 3 aromatic carbocycles. The van der Waals surface area contributed by atoms with Gasteiger partial charge in [0.25, 0.3) is 0 Å². The highest BCUT2D eigenvalue weighted by molar-refractivity contribution is 9.10. The summed E-state index contributed by atoms with van der Waals surface area (Å²) in [4.78, 5) is 11.2. The van der Waals surface area contributed by atoms with E-state index < -0.39 is 15.8 Å². The van der Waals surface area contributed by atoms with E-state index in [0.717, 1.165) is 0 Å². The van der Waals surface area contributed by atoms with Crippen molar-refractivity contribution in [2.75, 3.05) is 0 Å². The number of aromatic carboxylic acids is 1. The highest BCUT2D eigenvalue weighted by Crippen LogP contribution is 2.33. The van der Waals surface area contributed by atoms with Crippen molar-refractivity contribution in [3.63, 3.8) is 0 Å². The third-order valence-electron chi connectivity index (χ3n) is 4.48. The van der Waals surface area contributed by atoms with E-state index in [0.29, 0.717) is 20.7 Å². The monoisotopic (exact) mass is 517 g/mol. The van der Waals surface area contributed by atoms with Crippen LogP contribution >= 0.6 is 27.5 Å². The molecule has 0 saturated carbocycles. The summed E-state index contributed by atoms with van der Waals surface area (Å²) in [5.74, 6) is -1.07. The van der Waals surface area contributed by atoms with E-state index in [1.165, 1.54) is 41.1 Å². The Balaban J connectivity index is 1.95. The van der Waals surface area contributed by atoms with Gasteiger partial charge in [0.15, 0.2) is 0 Å². The molecular weight excluding hydrogens is 506 g/mol. The molecule has 0 radical (unpaired) electrons. The molecule has 0 spiro atoms. The standard InChI is InChI=1S/C21H13BrClN3O4S/c22-15-2-1-3-18(12-15)31(29,30)20-19(13-4-8-16(23)9-5-13)26(25-24-20)17-10-6-14(7-11-17)21(27)28/h1-12H,(H,27,28). The number of aromatic nitrogens is 3. The van der Waals surface area contributed by atoms with Crippen molar-refractivity contribution in [2.45, 2.75) is 9.92 Å². The van der Waals surface area contributed by atoms with Crippen LogP contribution in [0.2, 0.25) is 5.02 Å². The smallest absolute Gasteiger partial charge is 0.335 e. The number of nitrogens with zero attached hydrogens (tertiary/aromatic N) is 3. The van der Waals surface area contributed by atoms with Crippen LogP contribution in [0.25, 0.3) is 16.9 Å². The molecule has 156 valence electrons. The van der Waals surface area contributed by atoms with Gasteiger partial charge in [0.05, 0.1) is 16.1 Å². The predicted octanol–water partition coefficient (Wildman–Crippen LogP) is 4.88. The van der Waals surface area contributed by atoms with Crippen LogP contribution in [0.5, 0.6) is 0 Å². The van der Waals surface area contributed by atoms with Gasteiger partial charge < -0.3 is 5.11 Å². The molecule has 0 aliphatic rings. The summed E-state index contributed by atoms with van der Waals surface area (Å²) in [5.41, 5.74) is 1.32. The maximum Gasteiger partial charge on any atom is 0.335 e. The fraction of sp³-hybridized carbons (Fsp3) is 0. The van der Waals surface area contributed by atoms with Gasteiger partial charge in [0.2, 0.25) is 14.9 Å². The van der Waals surface area contributed by atoms with Gasteiger partial charge in [0.1, 0.15) is 5.69 Å². The number of carboxylic acid groups (broad SMARTS) is 1. The van der Waals surface area contributed by atoms with E-state index in [1.807, 2.05) is 0 Å². The quantitative estimate of drug-likeness (QED) is 0.404. The summed E-state index contributed by atoms with van der Waals surface area (Å²) in [6, 6.07) is 18.8. The summed E-state index contributed by atoms with van der Waals surface area (Å²) in [5, 5.41) is 17.5. The number of rotatable bonds is 5. The van der Waals surface area contributed by atoms with E-state index in [1.54, 1.807) is 36.4 Å². The second kappa shape index (κ2) is 8.26. The molecule has 0 atom stereocenters. The van der Waals surface area contributed by atoms with Gasteiger partial charge in [-0.05, 0) is 54.6 Å². The molecule has 0 saturated heterocycles. The molecule has 0 aliphatic carbocycles. The SMILES string of the molecule is O=C(O)c1ccc(-n2nnc(S(=O)(=O)c3cccc(Br)c3)c2-c2ccc(Cl)cc2)cc1. The van der Waals surface area contributed by atoms with Gasteiger partial charge in [-0.1, -0.05) is 50.9 Å². The summed E-state index contributed by atoms with van der Waals surface area (Å²) in [6.07, 6.45) is 0. The van der Waals surface area contributed by atoms with Crippen LogP contribution in [-0.4, -0.2) is 34.5 Å². The van der Waals surface area contributed by atoms with Crippen LogP contribution in [0.1, 0.15) is 10.4 Å². The summed E-state index contributed by atoms with van der Waals surface area (Å²) in [6.45, 7) is 0. The second-order valence-electron chi connectivity index (χ2n) is 6.47. The number of hydrogen-bond acceptors (Lipinski definition) is 5. The first kappa shape index (κ1) is 21.2. The Hall–Kier alpha value is -3.01. The van der Waals surface area contributed by atoms with Gasteiger partial charge in [0, 0.05) is 15.1 Å². The van der Waals surface area contributed by atoms with E-state index in [2.05, 4.69) is 26.2 Å². The Bertz CT molecular complexity index is 1390. The summed E-state index contributed by atoms with van der Waals surface area (Å²) in [7, 11) is -4.01. The highest BCUT2D eigenvalue weighted by Gasteiger charge is 2.29. The zero-order chi connectivity index (χ0) is 22.2. The molecule has 4 aromatic rings. The molecular formula is C21H13BrClN3O4S. The molecule has 0 aliphatic heterocycles. The van der Waals surface area contributed by atoms with Crippen LogP contribution in [0.3, 0.4) is 0 Å². The second-order valence-corrected chi connectivity index (χ2v) is 9.69. The van der Waals surface area contributed by atoms with Gasteiger partial charge in [-0.15, -0.1) is 5.10 Å². The average molecular weight is 519 g/mol. The van der Waals surface area contributed by atoms with Crippen molar-refractivity contribution >= 4 is 43.3 Å². The van der Waals surface area contributed by atoms with Gasteiger partial charge >= 0.3 is 5.97 Å². The summed E-state index contributed by atoms with van der Waals surface area (Å²) >= 11 is 9.29. The fourth-order valence-electron chi connectivity index (χ4n) is 2.97. The number of carboxylic acids is 1. The number of halogens is 2. The van der Waals surface area contributed by atoms with Crippen molar-refractivity contribution in [1.29, 1.82) is 0 Å². The first-order valence-corrected chi connectivity index (χ1v) is 11.5. The van der Waals surface area contributed by atoms with Crippen LogP contribution in [0, 0.1) is 0 Å². The zero-order valence-corrected chi connectivity index (χ0v) is 18.8. The fourth-order valence-corrected chi connectivity index (χ4v) is 5.02. The van der Waals surface area contributed by atoms with E-state index in [4.69, 9.17) is 16.7 Å². The lowest BCUT2D eigenvalue weighted by molar-refractivity contribution is 0.0697. The van der Waals surface area contributed by atoms with Gasteiger partial charge in [-0.25, -0.2) is 17.9 Å². The average Bonchev–Trinajstić information content (AvgIpc) is 3.20. The van der Waals surface area contributed by atoms with Crippen LogP contribution in [0.15, 0.2) is 87.2 Å². The molecule has 7 nitrogen and oxygen atoms in total. The van der Waals surface area contributed by atoms with Crippen LogP contribution < -0.4 is 0 Å². The van der Waals surface area contributed by atoms with Crippen molar-refractivity contribution < 1.29 is 18.3 Å². The van der Waals surface area contributed by atoms with E-state index in [-0.39, 0.29) is 21.2 Å². The first-order chi connectivity index (χ1) is 14.8. The lowest BCUT2D eigenvalue weighted by atomic mass is 10.1. The zero-order valence-electron chi connectivity index (χ0n) is 15.6. The minimum atomic E-state index is -4.01. The number of carbonyl (C=O) groups is 1. The Labute approximate surface area is 191 Å². The Kier molecular flexibility index (Phi) is 5.65. The minimum absolute atomic E-state index is 0.0605. The molecule has 1 aromatic heterocycles. The molecule has 1 N–H and O–H groups in total. The largest absolute Gasteiger partial charge is 0.478 e. The number of sulfone groups is 1. The molecule has 0 amide bonds. The third kappa shape index (κ3) is 4.12. The van der Waals surface area contributed by atoms with Crippen LogP contribution in [-0.2, 0) is 9.84 Å². The normalized spacial score (nSPS) is 11.4. The molecule has 1 heterocycles. The molecule has 0 unspecified atom stereocenters. The van der Waals surface area contributed by atoms with Gasteiger partial charge in [-0.2, -0.15) is 0 Å². The van der Waals surface area contributed by atoms with Crippen LogP contribution in [0.4, 0.5) is 0 Å². The van der Waals surface area contributed by atoms with Crippen molar-refractivity contribution in [1.82, 2.24) is 15.0 Å². The minimum Gasteiger partial charge on any atom is -0.478 e. The van der Waals surface area contributed by atoms with Crippen molar-refractivity contribution in [3.8, 4) is 16.9 Å². The molecule has 31 heavy (non-hydrogen) atoms. The predicted molar refractivity (Wildman–Crippen MR) is 118 cm³/mol. The van der Waals surface area contributed by atoms with E-state index in [9.17, 15) is 13.2 Å². The van der Waals surface area contributed by atoms with E-state index >= 15 is 0 Å². The van der Waals surface area contributed by atoms with Gasteiger partial charge in [-0.3, -0.25) is 0 Å². The number of benzene rings is 3. The maximum absolute atomic E-state index is 13.4. The molecule has 0 bridgehead atoms. The topological polar surface area (TPSA) is 102 Å². The van der Waals surface area contributed by atoms with Crippen molar-refractivity contribution in [2.24, 2.45) is 0 Å². The van der Waals surface area contributed by atoms with Crippen molar-refractivity contribution in [3.05, 3.63) is 87.9 Å². The maximum atomic E-state index is 13.4. The Morgan fingerprint density at radius 2 is 1.68 bits per heavy atom. The molecule has 4 rings (SSSR count).